The van der Waals surface area contributed by atoms with Crippen LogP contribution in [0.15, 0.2) is 24.4 Å². The van der Waals surface area contributed by atoms with Crippen LogP contribution in [0.1, 0.15) is 37.8 Å². The molecule has 1 atom stereocenters. The molecule has 2 aliphatic rings. The van der Waals surface area contributed by atoms with Gasteiger partial charge in [0.1, 0.15) is 6.10 Å². The molecule has 1 N–H and O–H groups in total. The van der Waals surface area contributed by atoms with E-state index in [4.69, 9.17) is 4.74 Å². The molecular formula is C18H25N3O3. The molecule has 3 heterocycles. The van der Waals surface area contributed by atoms with Crippen LogP contribution in [0, 0.1) is 5.92 Å². The van der Waals surface area contributed by atoms with Crippen LogP contribution in [0.5, 0.6) is 0 Å². The first kappa shape index (κ1) is 16.9. The van der Waals surface area contributed by atoms with Gasteiger partial charge in [0.2, 0.25) is 5.91 Å². The lowest BCUT2D eigenvalue weighted by molar-refractivity contribution is -0.149. The Morgan fingerprint density at radius 1 is 1.21 bits per heavy atom. The van der Waals surface area contributed by atoms with Gasteiger partial charge in [-0.1, -0.05) is 6.07 Å². The van der Waals surface area contributed by atoms with Crippen LogP contribution in [-0.2, 0) is 20.9 Å². The first-order chi connectivity index (χ1) is 11.7. The quantitative estimate of drug-likeness (QED) is 0.908. The van der Waals surface area contributed by atoms with Crippen molar-refractivity contribution in [2.75, 3.05) is 19.7 Å². The highest BCUT2D eigenvalue weighted by molar-refractivity contribution is 5.82. The van der Waals surface area contributed by atoms with E-state index in [1.807, 2.05) is 23.1 Å². The lowest BCUT2D eigenvalue weighted by Gasteiger charge is -2.34. The number of pyridine rings is 1. The molecule has 0 radical (unpaired) electrons. The van der Waals surface area contributed by atoms with Gasteiger partial charge in [-0.15, -0.1) is 0 Å². The number of hydrogen-bond donors (Lipinski definition) is 1. The van der Waals surface area contributed by atoms with Crippen LogP contribution in [0.2, 0.25) is 0 Å². The molecule has 3 rings (SSSR count). The summed E-state index contributed by atoms with van der Waals surface area (Å²) in [5, 5.41) is 2.95. The lowest BCUT2D eigenvalue weighted by Crippen LogP contribution is -2.47. The lowest BCUT2D eigenvalue weighted by atomic mass is 9.95. The van der Waals surface area contributed by atoms with Gasteiger partial charge < -0.3 is 15.0 Å². The van der Waals surface area contributed by atoms with Crippen molar-refractivity contribution in [2.45, 2.75) is 44.8 Å². The molecule has 130 valence electrons. The molecule has 0 bridgehead atoms. The number of amides is 2. The normalized spacial score (nSPS) is 22.2. The van der Waals surface area contributed by atoms with Crippen molar-refractivity contribution in [1.29, 1.82) is 0 Å². The molecule has 0 aromatic carbocycles. The highest BCUT2D eigenvalue weighted by Crippen LogP contribution is 2.21. The number of carbonyl (C=O) groups excluding carboxylic acids is 2. The first-order valence-electron chi connectivity index (χ1n) is 8.82. The van der Waals surface area contributed by atoms with Crippen LogP contribution in [0.3, 0.4) is 0 Å². The predicted octanol–water partition coefficient (Wildman–Crippen LogP) is 1.51. The van der Waals surface area contributed by atoms with Gasteiger partial charge >= 0.3 is 0 Å². The van der Waals surface area contributed by atoms with Gasteiger partial charge in [-0.3, -0.25) is 14.6 Å². The molecule has 6 heteroatoms. The third kappa shape index (κ3) is 4.32. The zero-order valence-corrected chi connectivity index (χ0v) is 13.9. The summed E-state index contributed by atoms with van der Waals surface area (Å²) in [6.07, 6.45) is 5.81. The number of piperidine rings is 1. The molecule has 2 aliphatic heterocycles. The zero-order valence-electron chi connectivity index (χ0n) is 13.9. The minimum absolute atomic E-state index is 0.0231. The van der Waals surface area contributed by atoms with E-state index in [9.17, 15) is 9.59 Å². The number of nitrogens with zero attached hydrogens (tertiary/aromatic N) is 2. The van der Waals surface area contributed by atoms with Crippen LogP contribution in [0.25, 0.3) is 0 Å². The van der Waals surface area contributed by atoms with Gasteiger partial charge in [0.15, 0.2) is 0 Å². The second kappa shape index (κ2) is 8.24. The van der Waals surface area contributed by atoms with E-state index in [0.717, 1.165) is 25.0 Å². The summed E-state index contributed by atoms with van der Waals surface area (Å²) in [7, 11) is 0. The third-order valence-corrected chi connectivity index (χ3v) is 4.80. The average molecular weight is 331 g/mol. The number of aromatic nitrogens is 1. The molecule has 2 amide bonds. The Kier molecular flexibility index (Phi) is 5.80. The second-order valence-electron chi connectivity index (χ2n) is 6.49. The van der Waals surface area contributed by atoms with E-state index >= 15 is 0 Å². The Morgan fingerprint density at radius 2 is 2.04 bits per heavy atom. The Balaban J connectivity index is 1.42. The third-order valence-electron chi connectivity index (χ3n) is 4.80. The predicted molar refractivity (Wildman–Crippen MR) is 89.0 cm³/mol. The number of hydrogen-bond acceptors (Lipinski definition) is 4. The summed E-state index contributed by atoms with van der Waals surface area (Å²) in [5.74, 6) is 0.133. The van der Waals surface area contributed by atoms with Gasteiger partial charge in [-0.2, -0.15) is 0 Å². The molecule has 0 spiro atoms. The zero-order chi connectivity index (χ0) is 16.8. The first-order valence-corrected chi connectivity index (χ1v) is 8.82. The van der Waals surface area contributed by atoms with Gasteiger partial charge in [0.25, 0.3) is 5.91 Å². The minimum atomic E-state index is -0.270. The Bertz CT molecular complexity index is 550. The summed E-state index contributed by atoms with van der Waals surface area (Å²) < 4.78 is 5.58. The molecule has 0 aliphatic carbocycles. The van der Waals surface area contributed by atoms with E-state index in [1.54, 1.807) is 6.20 Å². The number of nitrogens with one attached hydrogen (secondary N) is 1. The molecule has 24 heavy (non-hydrogen) atoms. The molecule has 1 aromatic rings. The molecule has 0 saturated carbocycles. The van der Waals surface area contributed by atoms with Crippen molar-refractivity contribution < 1.29 is 14.3 Å². The van der Waals surface area contributed by atoms with Crippen LogP contribution in [0.4, 0.5) is 0 Å². The van der Waals surface area contributed by atoms with Crippen LogP contribution >= 0.6 is 0 Å². The smallest absolute Gasteiger partial charge is 0.251 e. The Labute approximate surface area is 142 Å². The molecule has 6 nitrogen and oxygen atoms in total. The average Bonchev–Trinajstić information content (AvgIpc) is 2.67. The molecule has 2 fully saturated rings. The van der Waals surface area contributed by atoms with Crippen molar-refractivity contribution in [3.63, 3.8) is 0 Å². The van der Waals surface area contributed by atoms with Crippen LogP contribution < -0.4 is 5.32 Å². The van der Waals surface area contributed by atoms with Gasteiger partial charge in [0.05, 0.1) is 12.2 Å². The van der Waals surface area contributed by atoms with E-state index in [-0.39, 0.29) is 23.8 Å². The maximum atomic E-state index is 12.4. The number of carbonyl (C=O) groups is 2. The van der Waals surface area contributed by atoms with E-state index in [2.05, 4.69) is 10.3 Å². The Hall–Kier alpha value is -1.95. The molecule has 2 saturated heterocycles. The van der Waals surface area contributed by atoms with E-state index < -0.39 is 0 Å². The minimum Gasteiger partial charge on any atom is -0.368 e. The second-order valence-corrected chi connectivity index (χ2v) is 6.49. The van der Waals surface area contributed by atoms with Gasteiger partial charge in [0, 0.05) is 31.8 Å². The number of rotatable bonds is 4. The summed E-state index contributed by atoms with van der Waals surface area (Å²) in [5.41, 5.74) is 0.855. The van der Waals surface area contributed by atoms with Gasteiger partial charge in [-0.05, 0) is 44.2 Å². The van der Waals surface area contributed by atoms with E-state index in [1.165, 1.54) is 0 Å². The fourth-order valence-electron chi connectivity index (χ4n) is 3.33. The fraction of sp³-hybridized carbons (Fsp3) is 0.611. The SMILES string of the molecule is O=C(NCc1ccccn1)C1CCN(C(=O)[C@@H]2CCCCO2)CC1. The summed E-state index contributed by atoms with van der Waals surface area (Å²) in [6, 6.07) is 5.66. The molecule has 0 unspecified atom stereocenters. The van der Waals surface area contributed by atoms with Gasteiger partial charge in [-0.25, -0.2) is 0 Å². The summed E-state index contributed by atoms with van der Waals surface area (Å²) in [6.45, 7) is 2.41. The van der Waals surface area contributed by atoms with E-state index in [0.29, 0.717) is 39.1 Å². The molecule has 1 aromatic heterocycles. The van der Waals surface area contributed by atoms with Crippen molar-refractivity contribution in [2.24, 2.45) is 5.92 Å². The maximum absolute atomic E-state index is 12.4. The Morgan fingerprint density at radius 3 is 2.71 bits per heavy atom. The fourth-order valence-corrected chi connectivity index (χ4v) is 3.33. The standard InChI is InChI=1S/C18H25N3O3/c22-17(20-13-15-5-1-3-9-19-15)14-7-10-21(11-8-14)18(23)16-6-2-4-12-24-16/h1,3,5,9,14,16H,2,4,6-8,10-13H2,(H,20,22)/t16-/m0/s1. The summed E-state index contributed by atoms with van der Waals surface area (Å²) in [4.78, 5) is 30.8. The number of ether oxygens (including phenoxy) is 1. The maximum Gasteiger partial charge on any atom is 0.251 e. The summed E-state index contributed by atoms with van der Waals surface area (Å²) >= 11 is 0. The van der Waals surface area contributed by atoms with Crippen molar-refractivity contribution in [1.82, 2.24) is 15.2 Å². The highest BCUT2D eigenvalue weighted by Gasteiger charge is 2.31. The molecular weight excluding hydrogens is 306 g/mol. The monoisotopic (exact) mass is 331 g/mol. The van der Waals surface area contributed by atoms with Crippen molar-refractivity contribution in [3.05, 3.63) is 30.1 Å². The topological polar surface area (TPSA) is 71.5 Å². The van der Waals surface area contributed by atoms with Crippen molar-refractivity contribution >= 4 is 11.8 Å². The van der Waals surface area contributed by atoms with Crippen molar-refractivity contribution in [3.8, 4) is 0 Å². The highest BCUT2D eigenvalue weighted by atomic mass is 16.5. The largest absolute Gasteiger partial charge is 0.368 e. The van der Waals surface area contributed by atoms with Crippen LogP contribution in [-0.4, -0.2) is 47.5 Å². The number of likely N-dealkylation sites (tertiary alicyclic amines) is 1.